The van der Waals surface area contributed by atoms with Crippen LogP contribution in [0.4, 0.5) is 29.2 Å². The maximum atomic E-state index is 15.5. The van der Waals surface area contributed by atoms with Crippen LogP contribution in [0, 0.1) is 18.8 Å². The lowest BCUT2D eigenvalue weighted by Gasteiger charge is -2.44. The first kappa shape index (κ1) is 34.0. The highest BCUT2D eigenvalue weighted by atomic mass is 19.4. The molecular formula is C34H52F4N8O. The summed E-state index contributed by atoms with van der Waals surface area (Å²) in [7, 11) is 0. The highest BCUT2D eigenvalue weighted by Gasteiger charge is 2.44. The third-order valence-corrected chi connectivity index (χ3v) is 11.3. The fourth-order valence-corrected chi connectivity index (χ4v) is 8.96. The minimum Gasteiger partial charge on any atom is -0.381 e. The number of rotatable bonds is 5. The second kappa shape index (κ2) is 14.7. The molecule has 0 spiro atoms. The number of carbonyl (C=O) groups excluding carboxylic acids is 1. The Kier molecular flexibility index (Phi) is 10.7. The number of anilines is 2. The monoisotopic (exact) mass is 664 g/mol. The summed E-state index contributed by atoms with van der Waals surface area (Å²) in [5.74, 6) is 0.640. The summed E-state index contributed by atoms with van der Waals surface area (Å²) in [4.78, 5) is 18.2. The highest BCUT2D eigenvalue weighted by Crippen LogP contribution is 2.42. The van der Waals surface area contributed by atoms with Gasteiger partial charge < -0.3 is 26.3 Å². The van der Waals surface area contributed by atoms with Gasteiger partial charge in [-0.15, -0.1) is 0 Å². The summed E-state index contributed by atoms with van der Waals surface area (Å²) < 4.78 is 60.1. The number of hydrogen-bond acceptors (Lipinski definition) is 6. The number of imidazole rings is 1. The Morgan fingerprint density at radius 3 is 2.13 bits per heavy atom. The van der Waals surface area contributed by atoms with Crippen LogP contribution in [0.2, 0.25) is 0 Å². The van der Waals surface area contributed by atoms with Crippen molar-refractivity contribution in [2.75, 3.05) is 24.1 Å². The number of fused-ring (bicyclic) bond motifs is 1. The van der Waals surface area contributed by atoms with Crippen molar-refractivity contribution in [2.45, 2.75) is 146 Å². The number of alkyl halides is 4. The molecule has 1 saturated heterocycles. The number of piperidine rings is 1. The largest absolute Gasteiger partial charge is 0.434 e. The van der Waals surface area contributed by atoms with Crippen LogP contribution in [-0.2, 0) is 6.18 Å². The van der Waals surface area contributed by atoms with Crippen LogP contribution in [0.1, 0.15) is 137 Å². The SMILES string of the molecule is Cc1nc(C(F)(F)F)cn1C1CCNC(C2CCCCCCCCC2)C1NC(=O)c1c(N)nn2c1NCC(F)C2C1CCCCCC1. The fraction of sp³-hybridized carbons (Fsp3) is 0.794. The normalized spacial score (nSPS) is 29.0. The van der Waals surface area contributed by atoms with Crippen molar-refractivity contribution in [2.24, 2.45) is 11.8 Å². The van der Waals surface area contributed by atoms with E-state index in [4.69, 9.17) is 5.73 Å². The summed E-state index contributed by atoms with van der Waals surface area (Å²) in [6, 6.07) is -1.62. The molecule has 2 saturated carbocycles. The molecule has 4 heterocycles. The summed E-state index contributed by atoms with van der Waals surface area (Å²) in [6.07, 6.45) is 12.2. The Morgan fingerprint density at radius 2 is 1.53 bits per heavy atom. The molecule has 2 aromatic rings. The molecule has 4 aliphatic rings. The molecule has 5 N–H and O–H groups in total. The number of halogens is 4. The van der Waals surface area contributed by atoms with Gasteiger partial charge in [-0.2, -0.15) is 18.3 Å². The molecule has 2 aliphatic carbocycles. The summed E-state index contributed by atoms with van der Waals surface area (Å²) in [6.45, 7) is 2.27. The van der Waals surface area contributed by atoms with Crippen LogP contribution >= 0.6 is 0 Å². The lowest BCUT2D eigenvalue weighted by molar-refractivity contribution is -0.141. The number of hydrogen-bond donors (Lipinski definition) is 4. The van der Waals surface area contributed by atoms with Gasteiger partial charge in [-0.3, -0.25) is 4.79 Å². The van der Waals surface area contributed by atoms with Crippen LogP contribution in [0.5, 0.6) is 0 Å². The minimum absolute atomic E-state index is 0.0338. The number of carbonyl (C=O) groups is 1. The molecule has 5 unspecified atom stereocenters. The van der Waals surface area contributed by atoms with Crippen molar-refractivity contribution in [3.05, 3.63) is 23.3 Å². The quantitative estimate of drug-likeness (QED) is 0.200. The number of nitrogen functional groups attached to an aromatic ring is 1. The molecule has 3 fully saturated rings. The van der Waals surface area contributed by atoms with E-state index in [1.165, 1.54) is 19.3 Å². The first-order valence-electron chi connectivity index (χ1n) is 18.1. The minimum atomic E-state index is -4.57. The maximum Gasteiger partial charge on any atom is 0.434 e. The molecule has 5 atom stereocenters. The van der Waals surface area contributed by atoms with Crippen LogP contribution in [0.25, 0.3) is 0 Å². The summed E-state index contributed by atoms with van der Waals surface area (Å²) in [5, 5.41) is 14.6. The van der Waals surface area contributed by atoms with Gasteiger partial charge in [0.1, 0.15) is 23.4 Å². The van der Waals surface area contributed by atoms with Crippen molar-refractivity contribution < 1.29 is 22.4 Å². The van der Waals surface area contributed by atoms with Crippen molar-refractivity contribution in [3.8, 4) is 0 Å². The third-order valence-electron chi connectivity index (χ3n) is 11.3. The highest BCUT2D eigenvalue weighted by molar-refractivity contribution is 6.03. The van der Waals surface area contributed by atoms with Gasteiger partial charge in [-0.1, -0.05) is 70.6 Å². The van der Waals surface area contributed by atoms with E-state index in [2.05, 4.69) is 26.0 Å². The molecule has 9 nitrogen and oxygen atoms in total. The molecule has 0 radical (unpaired) electrons. The van der Waals surface area contributed by atoms with Gasteiger partial charge in [0, 0.05) is 18.8 Å². The summed E-state index contributed by atoms with van der Waals surface area (Å²) >= 11 is 0. The number of aromatic nitrogens is 4. The Balaban J connectivity index is 1.33. The predicted molar refractivity (Wildman–Crippen MR) is 174 cm³/mol. The van der Waals surface area contributed by atoms with Gasteiger partial charge in [0.2, 0.25) is 0 Å². The molecule has 2 aromatic heterocycles. The summed E-state index contributed by atoms with van der Waals surface area (Å²) in [5.41, 5.74) is 5.70. The fourth-order valence-electron chi connectivity index (χ4n) is 8.96. The second-order valence-corrected chi connectivity index (χ2v) is 14.4. The van der Waals surface area contributed by atoms with Gasteiger partial charge in [0.25, 0.3) is 5.91 Å². The van der Waals surface area contributed by atoms with E-state index in [0.29, 0.717) is 18.8 Å². The number of amides is 1. The Bertz CT molecular complexity index is 1340. The first-order valence-corrected chi connectivity index (χ1v) is 18.1. The van der Waals surface area contributed by atoms with E-state index < -0.39 is 42.1 Å². The van der Waals surface area contributed by atoms with E-state index in [0.717, 1.165) is 83.2 Å². The zero-order valence-corrected chi connectivity index (χ0v) is 27.6. The zero-order valence-electron chi connectivity index (χ0n) is 27.6. The number of nitrogens with one attached hydrogen (secondary N) is 3. The average Bonchev–Trinajstić information content (AvgIpc) is 3.47. The second-order valence-electron chi connectivity index (χ2n) is 14.4. The van der Waals surface area contributed by atoms with Crippen LogP contribution < -0.4 is 21.7 Å². The van der Waals surface area contributed by atoms with Gasteiger partial charge in [-0.05, 0) is 57.4 Å². The number of nitrogens with two attached hydrogens (primary N) is 1. The topological polar surface area (TPSA) is 115 Å². The zero-order chi connectivity index (χ0) is 33.1. The van der Waals surface area contributed by atoms with Crippen molar-refractivity contribution >= 4 is 17.5 Å². The molecule has 13 heteroatoms. The molecule has 6 rings (SSSR count). The van der Waals surface area contributed by atoms with E-state index in [9.17, 15) is 18.0 Å². The lowest BCUT2D eigenvalue weighted by Crippen LogP contribution is -2.61. The molecule has 0 bridgehead atoms. The Hall–Kier alpha value is -2.83. The van der Waals surface area contributed by atoms with Crippen LogP contribution in [0.3, 0.4) is 0 Å². The third kappa shape index (κ3) is 7.44. The van der Waals surface area contributed by atoms with Crippen molar-refractivity contribution in [1.82, 2.24) is 30.0 Å². The van der Waals surface area contributed by atoms with Crippen molar-refractivity contribution in [3.63, 3.8) is 0 Å². The molecule has 47 heavy (non-hydrogen) atoms. The van der Waals surface area contributed by atoms with Gasteiger partial charge in [0.15, 0.2) is 11.5 Å². The lowest BCUT2D eigenvalue weighted by atomic mass is 9.78. The predicted octanol–water partition coefficient (Wildman–Crippen LogP) is 7.11. The number of aryl methyl sites for hydroxylation is 1. The van der Waals surface area contributed by atoms with Crippen LogP contribution in [-0.4, -0.2) is 56.6 Å². The van der Waals surface area contributed by atoms with E-state index in [1.54, 1.807) is 16.2 Å². The van der Waals surface area contributed by atoms with Crippen LogP contribution in [0.15, 0.2) is 6.20 Å². The van der Waals surface area contributed by atoms with Crippen molar-refractivity contribution in [1.29, 1.82) is 0 Å². The van der Waals surface area contributed by atoms with E-state index in [1.807, 2.05) is 0 Å². The standard InChI is InChI=1S/C34H52F4N8O/c1-21-42-26(34(36,37)38)20-45(21)25-17-18-40-28(22-13-9-5-3-2-4-6-10-14-22)29(25)43-33(47)27-31(39)44-46-30(24(35)19-41-32(27)46)23-15-11-7-8-12-16-23/h20,22-25,28-30,40-41H,2-19H2,1H3,(H2,39,44)(H,43,47). The van der Waals surface area contributed by atoms with E-state index in [-0.39, 0.29) is 41.6 Å². The Labute approximate surface area is 275 Å². The number of nitrogens with zero attached hydrogens (tertiary/aromatic N) is 4. The van der Waals surface area contributed by atoms with Gasteiger partial charge in [-0.25, -0.2) is 14.1 Å². The molecule has 0 aromatic carbocycles. The Morgan fingerprint density at radius 1 is 0.936 bits per heavy atom. The van der Waals surface area contributed by atoms with Gasteiger partial charge in [0.05, 0.1) is 18.1 Å². The molecule has 1 amide bonds. The molecule has 262 valence electrons. The smallest absolute Gasteiger partial charge is 0.381 e. The molecule has 2 aliphatic heterocycles. The maximum absolute atomic E-state index is 15.5. The molecular weight excluding hydrogens is 612 g/mol. The van der Waals surface area contributed by atoms with Gasteiger partial charge >= 0.3 is 6.18 Å². The van der Waals surface area contributed by atoms with E-state index >= 15 is 4.39 Å². The average molecular weight is 665 g/mol. The first-order chi connectivity index (χ1) is 22.6.